The van der Waals surface area contributed by atoms with E-state index in [-0.39, 0.29) is 41.0 Å². The lowest BCUT2D eigenvalue weighted by Crippen LogP contribution is -2.44. The van der Waals surface area contributed by atoms with Gasteiger partial charge in [-0.3, -0.25) is 14.5 Å². The summed E-state index contributed by atoms with van der Waals surface area (Å²) >= 11 is 0. The van der Waals surface area contributed by atoms with E-state index in [1.54, 1.807) is 13.0 Å². The van der Waals surface area contributed by atoms with Gasteiger partial charge in [0, 0.05) is 50.6 Å². The summed E-state index contributed by atoms with van der Waals surface area (Å²) in [5.74, 6) is -2.42. The third-order valence-electron chi connectivity index (χ3n) is 8.72. The molecule has 2 aromatic carbocycles. The summed E-state index contributed by atoms with van der Waals surface area (Å²) in [6, 6.07) is 6.86. The highest BCUT2D eigenvalue weighted by Crippen LogP contribution is 2.40. The van der Waals surface area contributed by atoms with Crippen LogP contribution in [0.5, 0.6) is 0 Å². The minimum atomic E-state index is -0.632. The molecule has 0 bridgehead atoms. The fourth-order valence-electron chi connectivity index (χ4n) is 6.38. The summed E-state index contributed by atoms with van der Waals surface area (Å²) in [5, 5.41) is 3.00. The number of aryl methyl sites for hydroxylation is 1. The van der Waals surface area contributed by atoms with Crippen molar-refractivity contribution in [1.82, 2.24) is 15.1 Å². The van der Waals surface area contributed by atoms with Crippen LogP contribution in [-0.2, 0) is 9.59 Å². The first-order valence-corrected chi connectivity index (χ1v) is 14.4. The molecule has 218 valence electrons. The van der Waals surface area contributed by atoms with E-state index in [1.807, 2.05) is 17.9 Å². The van der Waals surface area contributed by atoms with Gasteiger partial charge in [0.1, 0.15) is 17.5 Å². The highest BCUT2D eigenvalue weighted by molar-refractivity contribution is 5.81. The summed E-state index contributed by atoms with van der Waals surface area (Å²) in [7, 11) is 0. The zero-order valence-electron chi connectivity index (χ0n) is 24.5. The number of hydrogen-bond donors (Lipinski definition) is 1. The Balaban J connectivity index is 1.55. The van der Waals surface area contributed by atoms with E-state index in [2.05, 4.69) is 31.0 Å². The second kappa shape index (κ2) is 11.9. The fourth-order valence-corrected chi connectivity index (χ4v) is 6.38. The standard InChI is InChI=1S/C32H42F3N3O2/c1-7-30(36-20(3)39)25-14-19(2)28(34)16-24(25)21-10-12-37(13-11-21)31(40)27-18-38(32(4,5)6)17-26(27)23-9-8-22(33)15-29(23)35/h8-9,14-16,21,26-27,30H,7,10-13,17-18H2,1-6H3,(H,36,39)/t26-,27?,30-/m0/s1. The average Bonchev–Trinajstić information content (AvgIpc) is 3.34. The summed E-state index contributed by atoms with van der Waals surface area (Å²) < 4.78 is 43.3. The molecule has 1 N–H and O–H groups in total. The number of piperidine rings is 1. The maximum atomic E-state index is 14.9. The highest BCUT2D eigenvalue weighted by atomic mass is 19.1. The first-order valence-electron chi connectivity index (χ1n) is 14.4. The van der Waals surface area contributed by atoms with Gasteiger partial charge in [-0.05, 0) is 87.3 Å². The van der Waals surface area contributed by atoms with Gasteiger partial charge in [0.15, 0.2) is 0 Å². The molecule has 40 heavy (non-hydrogen) atoms. The third-order valence-corrected chi connectivity index (χ3v) is 8.72. The van der Waals surface area contributed by atoms with E-state index < -0.39 is 17.6 Å². The molecule has 1 unspecified atom stereocenters. The van der Waals surface area contributed by atoms with E-state index in [0.717, 1.165) is 17.2 Å². The van der Waals surface area contributed by atoms with Crippen LogP contribution in [0.15, 0.2) is 30.3 Å². The number of nitrogens with zero attached hydrogens (tertiary/aromatic N) is 2. The molecule has 0 radical (unpaired) electrons. The molecular weight excluding hydrogens is 515 g/mol. The van der Waals surface area contributed by atoms with Crippen LogP contribution < -0.4 is 5.32 Å². The maximum absolute atomic E-state index is 14.9. The Bertz CT molecular complexity index is 1250. The highest BCUT2D eigenvalue weighted by Gasteiger charge is 2.45. The zero-order chi connectivity index (χ0) is 29.4. The first kappa shape index (κ1) is 30.1. The molecule has 2 aliphatic heterocycles. The number of likely N-dealkylation sites (tertiary alicyclic amines) is 2. The fraction of sp³-hybridized carbons (Fsp3) is 0.562. The van der Waals surface area contributed by atoms with Crippen molar-refractivity contribution in [2.45, 2.75) is 84.2 Å². The van der Waals surface area contributed by atoms with Gasteiger partial charge in [0.05, 0.1) is 12.0 Å². The molecule has 0 saturated carbocycles. The number of carbonyl (C=O) groups is 2. The first-order chi connectivity index (χ1) is 18.8. The van der Waals surface area contributed by atoms with Crippen molar-refractivity contribution in [3.63, 3.8) is 0 Å². The van der Waals surface area contributed by atoms with Gasteiger partial charge in [-0.25, -0.2) is 13.2 Å². The normalized spacial score (nSPS) is 21.5. The van der Waals surface area contributed by atoms with Gasteiger partial charge in [-0.1, -0.05) is 19.1 Å². The summed E-state index contributed by atoms with van der Waals surface area (Å²) in [4.78, 5) is 29.8. The minimum absolute atomic E-state index is 0.0149. The van der Waals surface area contributed by atoms with Crippen LogP contribution in [0.25, 0.3) is 0 Å². The number of carbonyl (C=O) groups excluding carboxylic acids is 2. The van der Waals surface area contributed by atoms with Crippen LogP contribution in [0, 0.1) is 30.3 Å². The molecule has 8 heteroatoms. The van der Waals surface area contributed by atoms with Gasteiger partial charge >= 0.3 is 0 Å². The number of hydrogen-bond acceptors (Lipinski definition) is 3. The quantitative estimate of drug-likeness (QED) is 0.459. The molecule has 2 saturated heterocycles. The Morgan fingerprint density at radius 2 is 1.68 bits per heavy atom. The maximum Gasteiger partial charge on any atom is 0.227 e. The number of amides is 2. The number of benzene rings is 2. The molecule has 2 aliphatic rings. The van der Waals surface area contributed by atoms with Crippen molar-refractivity contribution in [1.29, 1.82) is 0 Å². The molecular formula is C32H42F3N3O2. The van der Waals surface area contributed by atoms with Crippen LogP contribution in [0.3, 0.4) is 0 Å². The molecule has 0 spiro atoms. The topological polar surface area (TPSA) is 52.7 Å². The van der Waals surface area contributed by atoms with Crippen molar-refractivity contribution in [2.75, 3.05) is 26.2 Å². The SMILES string of the molecule is CC[C@H](NC(C)=O)c1cc(C)c(F)cc1C1CCN(C(=O)C2CN(C(C)(C)C)C[C@H]2c2ccc(F)cc2F)CC1. The molecule has 0 aliphatic carbocycles. The molecule has 2 fully saturated rings. The predicted octanol–water partition coefficient (Wildman–Crippen LogP) is 6.22. The Kier molecular flexibility index (Phi) is 8.98. The van der Waals surface area contributed by atoms with Gasteiger partial charge in [-0.15, -0.1) is 0 Å². The van der Waals surface area contributed by atoms with E-state index >= 15 is 0 Å². The van der Waals surface area contributed by atoms with Crippen molar-refractivity contribution in [3.8, 4) is 0 Å². The number of halogens is 3. The molecule has 4 rings (SSSR count). The Labute approximate surface area is 236 Å². The lowest BCUT2D eigenvalue weighted by Gasteiger charge is -2.36. The van der Waals surface area contributed by atoms with Crippen LogP contribution in [0.2, 0.25) is 0 Å². The smallest absolute Gasteiger partial charge is 0.227 e. The monoisotopic (exact) mass is 557 g/mol. The van der Waals surface area contributed by atoms with Crippen LogP contribution in [0.1, 0.15) is 94.0 Å². The van der Waals surface area contributed by atoms with Crippen LogP contribution in [0.4, 0.5) is 13.2 Å². The molecule has 5 nitrogen and oxygen atoms in total. The Morgan fingerprint density at radius 1 is 1.00 bits per heavy atom. The van der Waals surface area contributed by atoms with Crippen molar-refractivity contribution >= 4 is 11.8 Å². The Morgan fingerprint density at radius 3 is 2.25 bits per heavy atom. The predicted molar refractivity (Wildman–Crippen MR) is 150 cm³/mol. The third kappa shape index (κ3) is 6.37. The minimum Gasteiger partial charge on any atom is -0.350 e. The van der Waals surface area contributed by atoms with Gasteiger partial charge < -0.3 is 10.2 Å². The van der Waals surface area contributed by atoms with Crippen molar-refractivity contribution < 1.29 is 22.8 Å². The van der Waals surface area contributed by atoms with Gasteiger partial charge in [-0.2, -0.15) is 0 Å². The molecule has 2 aromatic rings. The molecule has 3 atom stereocenters. The Hall–Kier alpha value is -2.87. The second-order valence-electron chi connectivity index (χ2n) is 12.4. The zero-order valence-corrected chi connectivity index (χ0v) is 24.5. The molecule has 2 heterocycles. The lowest BCUT2D eigenvalue weighted by molar-refractivity contribution is -0.136. The number of nitrogens with one attached hydrogen (secondary N) is 1. The summed E-state index contributed by atoms with van der Waals surface area (Å²) in [5.41, 5.74) is 2.54. The van der Waals surface area contributed by atoms with Crippen molar-refractivity contribution in [3.05, 3.63) is 70.0 Å². The van der Waals surface area contributed by atoms with Crippen LogP contribution >= 0.6 is 0 Å². The molecule has 0 aromatic heterocycles. The largest absolute Gasteiger partial charge is 0.350 e. The summed E-state index contributed by atoms with van der Waals surface area (Å²) in [6.45, 7) is 13.5. The van der Waals surface area contributed by atoms with Gasteiger partial charge in [0.2, 0.25) is 11.8 Å². The van der Waals surface area contributed by atoms with Crippen molar-refractivity contribution in [2.24, 2.45) is 5.92 Å². The van der Waals surface area contributed by atoms with E-state index in [4.69, 9.17) is 0 Å². The summed E-state index contributed by atoms with van der Waals surface area (Å²) in [6.07, 6.45) is 2.02. The van der Waals surface area contributed by atoms with Gasteiger partial charge in [0.25, 0.3) is 0 Å². The second-order valence-corrected chi connectivity index (χ2v) is 12.4. The number of rotatable bonds is 6. The lowest BCUT2D eigenvalue weighted by atomic mass is 9.82. The van der Waals surface area contributed by atoms with E-state index in [1.165, 1.54) is 19.1 Å². The molecule has 2 amide bonds. The van der Waals surface area contributed by atoms with E-state index in [9.17, 15) is 22.8 Å². The van der Waals surface area contributed by atoms with Crippen LogP contribution in [-0.4, -0.2) is 53.3 Å². The average molecular weight is 558 g/mol. The van der Waals surface area contributed by atoms with E-state index in [0.29, 0.717) is 56.6 Å².